The van der Waals surface area contributed by atoms with Crippen molar-refractivity contribution in [3.8, 4) is 0 Å². The molecule has 2 rings (SSSR count). The van der Waals surface area contributed by atoms with E-state index in [0.717, 1.165) is 51.5 Å². The molecule has 2 N–H and O–H groups in total. The molecule has 114 valence electrons. The van der Waals surface area contributed by atoms with Gasteiger partial charge >= 0.3 is 12.0 Å². The van der Waals surface area contributed by atoms with Gasteiger partial charge < -0.3 is 15.3 Å². The molecule has 0 heterocycles. The van der Waals surface area contributed by atoms with E-state index in [-0.39, 0.29) is 17.9 Å². The molecule has 0 bridgehead atoms. The fourth-order valence-electron chi connectivity index (χ4n) is 3.09. The lowest BCUT2D eigenvalue weighted by Crippen LogP contribution is -2.44. The predicted molar refractivity (Wildman–Crippen MR) is 76.5 cm³/mol. The predicted octanol–water partition coefficient (Wildman–Crippen LogP) is 2.46. The first-order valence-electron chi connectivity index (χ1n) is 7.90. The molecule has 20 heavy (non-hydrogen) atoms. The second-order valence-corrected chi connectivity index (χ2v) is 6.10. The summed E-state index contributed by atoms with van der Waals surface area (Å²) in [5.74, 6) is -0.893. The smallest absolute Gasteiger partial charge is 0.317 e. The lowest BCUT2D eigenvalue weighted by atomic mass is 9.96. The van der Waals surface area contributed by atoms with Gasteiger partial charge in [0.05, 0.1) is 5.92 Å². The SMILES string of the molecule is CCCCN(C(=O)NCC1CCCC1C(=O)O)C1CC1. The van der Waals surface area contributed by atoms with E-state index in [9.17, 15) is 9.59 Å². The monoisotopic (exact) mass is 282 g/mol. The van der Waals surface area contributed by atoms with Gasteiger partial charge in [0, 0.05) is 19.1 Å². The Hall–Kier alpha value is -1.26. The van der Waals surface area contributed by atoms with Crippen molar-refractivity contribution >= 4 is 12.0 Å². The largest absolute Gasteiger partial charge is 0.481 e. The maximum absolute atomic E-state index is 12.2. The molecule has 0 aromatic carbocycles. The van der Waals surface area contributed by atoms with E-state index in [2.05, 4.69) is 12.2 Å². The first kappa shape index (κ1) is 15.1. The Kier molecular flexibility index (Phi) is 5.26. The minimum absolute atomic E-state index is 0.00279. The van der Waals surface area contributed by atoms with Crippen LogP contribution < -0.4 is 5.32 Å². The molecule has 0 radical (unpaired) electrons. The van der Waals surface area contributed by atoms with E-state index in [0.29, 0.717) is 12.6 Å². The van der Waals surface area contributed by atoms with Gasteiger partial charge in [-0.05, 0) is 38.0 Å². The summed E-state index contributed by atoms with van der Waals surface area (Å²) in [6.45, 7) is 3.45. The molecule has 2 atom stereocenters. The van der Waals surface area contributed by atoms with Crippen molar-refractivity contribution in [3.63, 3.8) is 0 Å². The highest BCUT2D eigenvalue weighted by molar-refractivity contribution is 5.75. The van der Waals surface area contributed by atoms with E-state index in [4.69, 9.17) is 5.11 Å². The summed E-state index contributed by atoms with van der Waals surface area (Å²) in [6.07, 6.45) is 6.95. The summed E-state index contributed by atoms with van der Waals surface area (Å²) in [4.78, 5) is 25.3. The lowest BCUT2D eigenvalue weighted by molar-refractivity contribution is -0.142. The Balaban J connectivity index is 1.79. The van der Waals surface area contributed by atoms with Crippen LogP contribution in [0.25, 0.3) is 0 Å². The van der Waals surface area contributed by atoms with Gasteiger partial charge in [-0.3, -0.25) is 4.79 Å². The normalized spacial score (nSPS) is 25.4. The highest BCUT2D eigenvalue weighted by Gasteiger charge is 2.35. The first-order valence-corrected chi connectivity index (χ1v) is 7.90. The number of carbonyl (C=O) groups is 2. The number of urea groups is 1. The van der Waals surface area contributed by atoms with Gasteiger partial charge in [0.15, 0.2) is 0 Å². The fraction of sp³-hybridized carbons (Fsp3) is 0.867. The van der Waals surface area contributed by atoms with Gasteiger partial charge in [-0.15, -0.1) is 0 Å². The minimum atomic E-state index is -0.716. The van der Waals surface area contributed by atoms with Gasteiger partial charge in [0.2, 0.25) is 0 Å². The zero-order valence-corrected chi connectivity index (χ0v) is 12.3. The van der Waals surface area contributed by atoms with Crippen molar-refractivity contribution in [2.45, 2.75) is 57.9 Å². The van der Waals surface area contributed by atoms with Crippen LogP contribution >= 0.6 is 0 Å². The Bertz CT molecular complexity index is 355. The van der Waals surface area contributed by atoms with Gasteiger partial charge in [-0.1, -0.05) is 19.8 Å². The lowest BCUT2D eigenvalue weighted by Gasteiger charge is -2.24. The molecule has 0 aliphatic heterocycles. The number of carboxylic acid groups (broad SMARTS) is 1. The number of nitrogens with one attached hydrogen (secondary N) is 1. The van der Waals surface area contributed by atoms with Crippen molar-refractivity contribution < 1.29 is 14.7 Å². The molecule has 5 heteroatoms. The number of aliphatic carboxylic acids is 1. The summed E-state index contributed by atoms with van der Waals surface area (Å²) < 4.78 is 0. The zero-order valence-electron chi connectivity index (χ0n) is 12.3. The Morgan fingerprint density at radius 2 is 2.00 bits per heavy atom. The topological polar surface area (TPSA) is 69.6 Å². The third-order valence-electron chi connectivity index (χ3n) is 4.49. The molecule has 0 aromatic heterocycles. The molecule has 2 unspecified atom stereocenters. The molecule has 2 saturated carbocycles. The van der Waals surface area contributed by atoms with E-state index < -0.39 is 5.97 Å². The number of hydrogen-bond donors (Lipinski definition) is 2. The van der Waals surface area contributed by atoms with Crippen LogP contribution in [-0.2, 0) is 4.79 Å². The zero-order chi connectivity index (χ0) is 14.5. The van der Waals surface area contributed by atoms with Crippen LogP contribution in [0.4, 0.5) is 4.79 Å². The second-order valence-electron chi connectivity index (χ2n) is 6.10. The van der Waals surface area contributed by atoms with Crippen LogP contribution in [0, 0.1) is 11.8 Å². The third kappa shape index (κ3) is 3.87. The molecule has 0 saturated heterocycles. The Labute approximate surface area is 120 Å². The summed E-state index contributed by atoms with van der Waals surface area (Å²) in [5, 5.41) is 12.1. The average molecular weight is 282 g/mol. The van der Waals surface area contributed by atoms with Crippen molar-refractivity contribution in [3.05, 3.63) is 0 Å². The first-order chi connectivity index (χ1) is 9.63. The fourth-order valence-corrected chi connectivity index (χ4v) is 3.09. The molecule has 5 nitrogen and oxygen atoms in total. The maximum atomic E-state index is 12.2. The van der Waals surface area contributed by atoms with Gasteiger partial charge in [-0.2, -0.15) is 0 Å². The Morgan fingerprint density at radius 3 is 2.60 bits per heavy atom. The summed E-state index contributed by atoms with van der Waals surface area (Å²) >= 11 is 0. The molecule has 2 amide bonds. The third-order valence-corrected chi connectivity index (χ3v) is 4.49. The van der Waals surface area contributed by atoms with Gasteiger partial charge in [0.1, 0.15) is 0 Å². The van der Waals surface area contributed by atoms with Crippen LogP contribution in [0.3, 0.4) is 0 Å². The number of rotatable bonds is 7. The van der Waals surface area contributed by atoms with E-state index in [1.165, 1.54) is 0 Å². The highest BCUT2D eigenvalue weighted by Crippen LogP contribution is 2.31. The number of hydrogen-bond acceptors (Lipinski definition) is 2. The molecular formula is C15H26N2O3. The molecule has 2 aliphatic carbocycles. The maximum Gasteiger partial charge on any atom is 0.317 e. The van der Waals surface area contributed by atoms with E-state index >= 15 is 0 Å². The molecule has 2 fully saturated rings. The average Bonchev–Trinajstić information content (AvgIpc) is 3.14. The van der Waals surface area contributed by atoms with Crippen LogP contribution in [-0.4, -0.2) is 41.1 Å². The number of nitrogens with zero attached hydrogens (tertiary/aromatic N) is 1. The van der Waals surface area contributed by atoms with Crippen LogP contribution in [0.1, 0.15) is 51.9 Å². The number of carbonyl (C=O) groups excluding carboxylic acids is 1. The van der Waals surface area contributed by atoms with E-state index in [1.807, 2.05) is 4.90 Å². The van der Waals surface area contributed by atoms with Crippen molar-refractivity contribution in [2.24, 2.45) is 11.8 Å². The molecular weight excluding hydrogens is 256 g/mol. The molecule has 0 aromatic rings. The highest BCUT2D eigenvalue weighted by atomic mass is 16.4. The van der Waals surface area contributed by atoms with Crippen LogP contribution in [0.2, 0.25) is 0 Å². The Morgan fingerprint density at radius 1 is 1.25 bits per heavy atom. The molecule has 2 aliphatic rings. The van der Waals surface area contributed by atoms with Gasteiger partial charge in [-0.25, -0.2) is 4.79 Å². The van der Waals surface area contributed by atoms with Gasteiger partial charge in [0.25, 0.3) is 0 Å². The molecule has 0 spiro atoms. The van der Waals surface area contributed by atoms with Crippen molar-refractivity contribution in [2.75, 3.05) is 13.1 Å². The number of unbranched alkanes of at least 4 members (excludes halogenated alkanes) is 1. The quantitative estimate of drug-likeness (QED) is 0.753. The van der Waals surface area contributed by atoms with Crippen LogP contribution in [0.15, 0.2) is 0 Å². The van der Waals surface area contributed by atoms with E-state index in [1.54, 1.807) is 0 Å². The second kappa shape index (κ2) is 6.95. The standard InChI is InChI=1S/C15H26N2O3/c1-2-3-9-17(12-7-8-12)15(20)16-10-11-5-4-6-13(11)14(18)19/h11-13H,2-10H2,1H3,(H,16,20)(H,18,19). The van der Waals surface area contributed by atoms with Crippen molar-refractivity contribution in [1.82, 2.24) is 10.2 Å². The number of amides is 2. The summed E-state index contributed by atoms with van der Waals surface area (Å²) in [6, 6.07) is 0.414. The van der Waals surface area contributed by atoms with Crippen LogP contribution in [0.5, 0.6) is 0 Å². The van der Waals surface area contributed by atoms with Crippen molar-refractivity contribution in [1.29, 1.82) is 0 Å². The summed E-state index contributed by atoms with van der Waals surface area (Å²) in [7, 11) is 0. The number of carboxylic acids is 1. The minimum Gasteiger partial charge on any atom is -0.481 e. The summed E-state index contributed by atoms with van der Waals surface area (Å²) in [5.41, 5.74) is 0.